The molecular formula is C12H18N2O3. The van der Waals surface area contributed by atoms with Crippen molar-refractivity contribution >= 4 is 11.4 Å². The third-order valence-corrected chi connectivity index (χ3v) is 2.66. The summed E-state index contributed by atoms with van der Waals surface area (Å²) in [7, 11) is 0. The smallest absolute Gasteiger partial charge is 0.292 e. The molecule has 0 fully saturated rings. The number of aliphatic hydroxyl groups is 1. The van der Waals surface area contributed by atoms with Crippen LogP contribution in [-0.2, 0) is 0 Å². The Morgan fingerprint density at radius 1 is 1.41 bits per heavy atom. The van der Waals surface area contributed by atoms with E-state index >= 15 is 0 Å². The predicted molar refractivity (Wildman–Crippen MR) is 67.0 cm³/mol. The molecule has 0 saturated carbocycles. The van der Waals surface area contributed by atoms with Gasteiger partial charge in [-0.05, 0) is 11.5 Å². The lowest BCUT2D eigenvalue weighted by atomic mass is 9.87. The summed E-state index contributed by atoms with van der Waals surface area (Å²) in [6, 6.07) is 6.20. The second kappa shape index (κ2) is 5.14. The number of nitrogens with one attached hydrogen (secondary N) is 1. The van der Waals surface area contributed by atoms with Crippen molar-refractivity contribution in [2.24, 2.45) is 5.41 Å². The van der Waals surface area contributed by atoms with Crippen LogP contribution in [0.2, 0.25) is 0 Å². The van der Waals surface area contributed by atoms with Crippen molar-refractivity contribution in [3.8, 4) is 0 Å². The SMILES string of the molecule is CC(C)(C)[C@@H](CO)Nc1ccccc1[N+](=O)[O-]. The number of nitrogens with zero attached hydrogens (tertiary/aromatic N) is 1. The molecule has 0 radical (unpaired) electrons. The molecule has 0 aliphatic heterocycles. The van der Waals surface area contributed by atoms with Crippen LogP contribution in [0.3, 0.4) is 0 Å². The van der Waals surface area contributed by atoms with Crippen LogP contribution in [0.1, 0.15) is 20.8 Å². The Morgan fingerprint density at radius 3 is 2.47 bits per heavy atom. The van der Waals surface area contributed by atoms with Gasteiger partial charge in [0.2, 0.25) is 0 Å². The number of aliphatic hydroxyl groups excluding tert-OH is 1. The van der Waals surface area contributed by atoms with Crippen molar-refractivity contribution < 1.29 is 10.0 Å². The summed E-state index contributed by atoms with van der Waals surface area (Å²) in [5, 5.41) is 23.2. The van der Waals surface area contributed by atoms with Gasteiger partial charge in [-0.1, -0.05) is 32.9 Å². The molecule has 0 aliphatic rings. The predicted octanol–water partition coefficient (Wildman–Crippen LogP) is 2.41. The lowest BCUT2D eigenvalue weighted by molar-refractivity contribution is -0.384. The average Bonchev–Trinajstić information content (AvgIpc) is 2.24. The van der Waals surface area contributed by atoms with Gasteiger partial charge in [-0.15, -0.1) is 0 Å². The van der Waals surface area contributed by atoms with Gasteiger partial charge in [0, 0.05) is 6.07 Å². The third-order valence-electron chi connectivity index (χ3n) is 2.66. The molecule has 5 nitrogen and oxygen atoms in total. The molecule has 94 valence electrons. The van der Waals surface area contributed by atoms with Gasteiger partial charge in [-0.3, -0.25) is 10.1 Å². The molecular weight excluding hydrogens is 220 g/mol. The zero-order chi connectivity index (χ0) is 13.1. The second-order valence-electron chi connectivity index (χ2n) is 5.02. The first kappa shape index (κ1) is 13.4. The maximum absolute atomic E-state index is 10.8. The van der Waals surface area contributed by atoms with Gasteiger partial charge in [0.25, 0.3) is 5.69 Å². The van der Waals surface area contributed by atoms with E-state index in [1.807, 2.05) is 20.8 Å². The van der Waals surface area contributed by atoms with Crippen molar-refractivity contribution in [1.82, 2.24) is 0 Å². The first-order valence-corrected chi connectivity index (χ1v) is 5.47. The molecule has 0 aliphatic carbocycles. The van der Waals surface area contributed by atoms with E-state index in [-0.39, 0.29) is 23.8 Å². The Kier molecular flexibility index (Phi) is 4.07. The number of hydrogen-bond acceptors (Lipinski definition) is 4. The Balaban J connectivity index is 2.98. The third kappa shape index (κ3) is 3.42. The lowest BCUT2D eigenvalue weighted by Gasteiger charge is -2.30. The van der Waals surface area contributed by atoms with Crippen molar-refractivity contribution in [2.75, 3.05) is 11.9 Å². The van der Waals surface area contributed by atoms with Crippen molar-refractivity contribution in [1.29, 1.82) is 0 Å². The van der Waals surface area contributed by atoms with Crippen LogP contribution in [0.25, 0.3) is 0 Å². The molecule has 1 rings (SSSR count). The number of anilines is 1. The summed E-state index contributed by atoms with van der Waals surface area (Å²) >= 11 is 0. The topological polar surface area (TPSA) is 75.4 Å². The van der Waals surface area contributed by atoms with E-state index in [0.29, 0.717) is 5.69 Å². The van der Waals surface area contributed by atoms with Gasteiger partial charge in [0.1, 0.15) is 5.69 Å². The molecule has 0 bridgehead atoms. The first-order valence-electron chi connectivity index (χ1n) is 5.47. The summed E-state index contributed by atoms with van der Waals surface area (Å²) in [6.07, 6.45) is 0. The maximum Gasteiger partial charge on any atom is 0.292 e. The fraction of sp³-hybridized carbons (Fsp3) is 0.500. The van der Waals surface area contributed by atoms with Crippen molar-refractivity contribution in [2.45, 2.75) is 26.8 Å². The van der Waals surface area contributed by atoms with Crippen LogP contribution in [0.4, 0.5) is 11.4 Å². The van der Waals surface area contributed by atoms with Gasteiger partial charge in [0.05, 0.1) is 17.6 Å². The molecule has 1 aromatic rings. The molecule has 0 saturated heterocycles. The molecule has 0 heterocycles. The molecule has 5 heteroatoms. The molecule has 0 aromatic heterocycles. The monoisotopic (exact) mass is 238 g/mol. The van der Waals surface area contributed by atoms with Gasteiger partial charge < -0.3 is 10.4 Å². The molecule has 1 aromatic carbocycles. The molecule has 17 heavy (non-hydrogen) atoms. The zero-order valence-corrected chi connectivity index (χ0v) is 10.3. The standard InChI is InChI=1S/C12H18N2O3/c1-12(2,3)11(8-15)13-9-6-4-5-7-10(9)14(16)17/h4-7,11,13,15H,8H2,1-3H3/t11-/m1/s1. The lowest BCUT2D eigenvalue weighted by Crippen LogP contribution is -2.37. The van der Waals surface area contributed by atoms with Gasteiger partial charge in [-0.25, -0.2) is 0 Å². The summed E-state index contributed by atoms with van der Waals surface area (Å²) in [5.41, 5.74) is 0.278. The van der Waals surface area contributed by atoms with Gasteiger partial charge in [0.15, 0.2) is 0 Å². The number of hydrogen-bond donors (Lipinski definition) is 2. The van der Waals surface area contributed by atoms with Crippen molar-refractivity contribution in [3.63, 3.8) is 0 Å². The van der Waals surface area contributed by atoms with Crippen LogP contribution in [-0.4, -0.2) is 22.7 Å². The van der Waals surface area contributed by atoms with Crippen LogP contribution >= 0.6 is 0 Å². The zero-order valence-electron chi connectivity index (χ0n) is 10.3. The van der Waals surface area contributed by atoms with Crippen LogP contribution in [0.15, 0.2) is 24.3 Å². The summed E-state index contributed by atoms with van der Waals surface area (Å²) in [5.74, 6) is 0. The van der Waals surface area contributed by atoms with E-state index in [1.165, 1.54) is 6.07 Å². The minimum atomic E-state index is -0.431. The highest BCUT2D eigenvalue weighted by molar-refractivity contribution is 5.61. The van der Waals surface area contributed by atoms with Crippen molar-refractivity contribution in [3.05, 3.63) is 34.4 Å². The number of benzene rings is 1. The Morgan fingerprint density at radius 2 is 2.00 bits per heavy atom. The maximum atomic E-state index is 10.8. The Bertz CT molecular complexity index is 399. The Labute approximate surface area is 101 Å². The average molecular weight is 238 g/mol. The minimum absolute atomic E-state index is 0.0233. The van der Waals surface area contributed by atoms with Gasteiger partial charge in [-0.2, -0.15) is 0 Å². The molecule has 0 unspecified atom stereocenters. The Hall–Kier alpha value is -1.62. The van der Waals surface area contributed by atoms with Crippen LogP contribution in [0.5, 0.6) is 0 Å². The number of rotatable bonds is 4. The van der Waals surface area contributed by atoms with E-state index in [9.17, 15) is 15.2 Å². The normalized spacial score (nSPS) is 13.2. The molecule has 0 spiro atoms. The first-order chi connectivity index (χ1) is 7.86. The largest absolute Gasteiger partial charge is 0.394 e. The highest BCUT2D eigenvalue weighted by atomic mass is 16.6. The van der Waals surface area contributed by atoms with E-state index in [1.54, 1.807) is 18.2 Å². The van der Waals surface area contributed by atoms with E-state index in [4.69, 9.17) is 0 Å². The van der Waals surface area contributed by atoms with E-state index in [2.05, 4.69) is 5.32 Å². The summed E-state index contributed by atoms with van der Waals surface area (Å²) in [6.45, 7) is 5.83. The highest BCUT2D eigenvalue weighted by Crippen LogP contribution is 2.28. The second-order valence-corrected chi connectivity index (χ2v) is 5.02. The number of nitro groups is 1. The molecule has 2 N–H and O–H groups in total. The van der Waals surface area contributed by atoms with Crippen LogP contribution in [0, 0.1) is 15.5 Å². The van der Waals surface area contributed by atoms with E-state index in [0.717, 1.165) is 0 Å². The quantitative estimate of drug-likeness (QED) is 0.624. The fourth-order valence-corrected chi connectivity index (χ4v) is 1.48. The minimum Gasteiger partial charge on any atom is -0.394 e. The fourth-order valence-electron chi connectivity index (χ4n) is 1.48. The molecule has 1 atom stereocenters. The number of para-hydroxylation sites is 2. The van der Waals surface area contributed by atoms with Gasteiger partial charge >= 0.3 is 0 Å². The summed E-state index contributed by atoms with van der Waals surface area (Å²) in [4.78, 5) is 10.4. The highest BCUT2D eigenvalue weighted by Gasteiger charge is 2.25. The molecule has 0 amide bonds. The van der Waals surface area contributed by atoms with Crippen LogP contribution < -0.4 is 5.32 Å². The summed E-state index contributed by atoms with van der Waals surface area (Å²) < 4.78 is 0. The number of nitro benzene ring substituents is 1. The van der Waals surface area contributed by atoms with E-state index < -0.39 is 4.92 Å².